The van der Waals surface area contributed by atoms with Gasteiger partial charge in [-0.3, -0.25) is 9.78 Å². The molecule has 2 aromatic heterocycles. The summed E-state index contributed by atoms with van der Waals surface area (Å²) in [7, 11) is 0. The van der Waals surface area contributed by atoms with Crippen LogP contribution in [-0.2, 0) is 13.2 Å². The molecule has 2 heterocycles. The quantitative estimate of drug-likeness (QED) is 0.724. The largest absolute Gasteiger partial charge is 0.488 e. The van der Waals surface area contributed by atoms with Crippen LogP contribution in [0.4, 0.5) is 0 Å². The molecule has 0 aliphatic carbocycles. The lowest BCUT2D eigenvalue weighted by molar-refractivity contribution is 0.309. The van der Waals surface area contributed by atoms with E-state index in [0.29, 0.717) is 12.0 Å². The average molecular weight is 294 g/mol. The molecule has 4 heteroatoms. The Morgan fingerprint density at radius 3 is 2.82 bits per heavy atom. The van der Waals surface area contributed by atoms with Gasteiger partial charge in [0.15, 0.2) is 0 Å². The fraction of sp³-hybridized carbons (Fsp3) is 0.222. The summed E-state index contributed by atoms with van der Waals surface area (Å²) in [5.41, 5.74) is 1.03. The molecule has 0 amide bonds. The van der Waals surface area contributed by atoms with Gasteiger partial charge in [0.25, 0.3) is 5.56 Å². The lowest BCUT2D eigenvalue weighted by atomic mass is 10.1. The number of hydrogen-bond donors (Lipinski definition) is 0. The molecule has 112 valence electrons. The minimum Gasteiger partial charge on any atom is -0.488 e. The minimum atomic E-state index is 0.0335. The molecule has 0 fully saturated rings. The molecule has 0 unspecified atom stereocenters. The van der Waals surface area contributed by atoms with Gasteiger partial charge in [-0.1, -0.05) is 19.1 Å². The van der Waals surface area contributed by atoms with Gasteiger partial charge >= 0.3 is 0 Å². The molecular formula is C18H18N2O2. The fourth-order valence-electron chi connectivity index (χ4n) is 2.48. The first-order valence-electron chi connectivity index (χ1n) is 7.43. The summed E-state index contributed by atoms with van der Waals surface area (Å²) in [6, 6.07) is 11.4. The molecule has 3 aromatic rings. The number of aryl methyl sites for hydroxylation is 1. The third-order valence-electron chi connectivity index (χ3n) is 3.56. The maximum atomic E-state index is 12.4. The number of nitrogens with zero attached hydrogens (tertiary/aromatic N) is 2. The monoisotopic (exact) mass is 294 g/mol. The van der Waals surface area contributed by atoms with E-state index < -0.39 is 0 Å². The van der Waals surface area contributed by atoms with E-state index >= 15 is 0 Å². The smallest absolute Gasteiger partial charge is 0.258 e. The highest BCUT2D eigenvalue weighted by Crippen LogP contribution is 2.24. The van der Waals surface area contributed by atoms with Crippen molar-refractivity contribution in [3.8, 4) is 5.75 Å². The normalized spacial score (nSPS) is 10.8. The second-order valence-corrected chi connectivity index (χ2v) is 5.18. The van der Waals surface area contributed by atoms with E-state index in [-0.39, 0.29) is 5.56 Å². The van der Waals surface area contributed by atoms with E-state index in [2.05, 4.69) is 11.9 Å². The van der Waals surface area contributed by atoms with Gasteiger partial charge in [0, 0.05) is 36.1 Å². The summed E-state index contributed by atoms with van der Waals surface area (Å²) in [4.78, 5) is 16.5. The molecule has 0 radical (unpaired) electrons. The van der Waals surface area contributed by atoms with E-state index in [9.17, 15) is 4.79 Å². The molecule has 0 aliphatic rings. The number of rotatable bonds is 5. The topological polar surface area (TPSA) is 44.1 Å². The van der Waals surface area contributed by atoms with Gasteiger partial charge in [-0.05, 0) is 30.7 Å². The van der Waals surface area contributed by atoms with Gasteiger partial charge < -0.3 is 9.30 Å². The van der Waals surface area contributed by atoms with Crippen LogP contribution in [0.3, 0.4) is 0 Å². The Bertz CT molecular complexity index is 825. The number of hydrogen-bond acceptors (Lipinski definition) is 3. The molecule has 0 bridgehead atoms. The van der Waals surface area contributed by atoms with Gasteiger partial charge in [-0.15, -0.1) is 0 Å². The zero-order valence-electron chi connectivity index (χ0n) is 12.5. The number of pyridine rings is 2. The summed E-state index contributed by atoms with van der Waals surface area (Å²) in [5, 5.41) is 1.54. The summed E-state index contributed by atoms with van der Waals surface area (Å²) in [6.45, 7) is 3.23. The van der Waals surface area contributed by atoms with Crippen molar-refractivity contribution in [3.05, 3.63) is 70.9 Å². The van der Waals surface area contributed by atoms with Crippen LogP contribution < -0.4 is 10.3 Å². The first-order valence-corrected chi connectivity index (χ1v) is 7.43. The van der Waals surface area contributed by atoms with Crippen molar-refractivity contribution in [2.75, 3.05) is 0 Å². The Balaban J connectivity index is 1.94. The second-order valence-electron chi connectivity index (χ2n) is 5.18. The van der Waals surface area contributed by atoms with Gasteiger partial charge in [0.1, 0.15) is 12.4 Å². The zero-order valence-corrected chi connectivity index (χ0v) is 12.5. The fourth-order valence-corrected chi connectivity index (χ4v) is 2.48. The average Bonchev–Trinajstić information content (AvgIpc) is 2.57. The predicted molar refractivity (Wildman–Crippen MR) is 87.1 cm³/mol. The molecule has 1 aromatic carbocycles. The first-order chi connectivity index (χ1) is 10.8. The van der Waals surface area contributed by atoms with Crippen LogP contribution in [0.5, 0.6) is 5.75 Å². The van der Waals surface area contributed by atoms with Crippen molar-refractivity contribution >= 4 is 10.8 Å². The van der Waals surface area contributed by atoms with Gasteiger partial charge in [-0.25, -0.2) is 0 Å². The Morgan fingerprint density at radius 1 is 1.14 bits per heavy atom. The number of ether oxygens (including phenoxy) is 1. The molecule has 0 aliphatic heterocycles. The molecular weight excluding hydrogens is 276 g/mol. The summed E-state index contributed by atoms with van der Waals surface area (Å²) in [6.07, 6.45) is 6.28. The highest BCUT2D eigenvalue weighted by atomic mass is 16.5. The number of aromatic nitrogens is 2. The van der Waals surface area contributed by atoms with E-state index in [1.807, 2.05) is 42.6 Å². The molecule has 3 rings (SSSR count). The molecule has 0 saturated carbocycles. The Labute approximate surface area is 129 Å². The molecule has 22 heavy (non-hydrogen) atoms. The lowest BCUT2D eigenvalue weighted by Gasteiger charge is -2.11. The molecule has 0 spiro atoms. The summed E-state index contributed by atoms with van der Waals surface area (Å²) < 4.78 is 7.62. The van der Waals surface area contributed by atoms with Crippen LogP contribution >= 0.6 is 0 Å². The molecule has 0 atom stereocenters. The van der Waals surface area contributed by atoms with E-state index in [1.165, 1.54) is 0 Å². The Morgan fingerprint density at radius 2 is 2.05 bits per heavy atom. The van der Waals surface area contributed by atoms with Gasteiger partial charge in [0.05, 0.1) is 5.39 Å². The predicted octanol–water partition coefficient (Wildman–Crippen LogP) is 3.39. The minimum absolute atomic E-state index is 0.0335. The van der Waals surface area contributed by atoms with Gasteiger partial charge in [0.2, 0.25) is 0 Å². The molecule has 0 saturated heterocycles. The molecule has 4 nitrogen and oxygen atoms in total. The SMILES string of the molecule is CCCn1ccc2c(OCc3cccnc3)cccc2c1=O. The summed E-state index contributed by atoms with van der Waals surface area (Å²) in [5.74, 6) is 0.724. The van der Waals surface area contributed by atoms with Gasteiger partial charge in [-0.2, -0.15) is 0 Å². The maximum Gasteiger partial charge on any atom is 0.258 e. The Hall–Kier alpha value is -2.62. The number of fused-ring (bicyclic) bond motifs is 1. The first kappa shape index (κ1) is 14.3. The van der Waals surface area contributed by atoms with Crippen LogP contribution in [0.2, 0.25) is 0 Å². The second kappa shape index (κ2) is 6.43. The van der Waals surface area contributed by atoms with Crippen LogP contribution in [0.25, 0.3) is 10.8 Å². The van der Waals surface area contributed by atoms with Crippen LogP contribution in [0.15, 0.2) is 59.8 Å². The van der Waals surface area contributed by atoms with E-state index in [4.69, 9.17) is 4.74 Å². The zero-order chi connectivity index (χ0) is 15.4. The standard InChI is InChI=1S/C18H18N2O2/c1-2-10-20-11-8-15-16(18(20)21)6-3-7-17(15)22-13-14-5-4-9-19-12-14/h3-9,11-12H,2,10,13H2,1H3. The number of benzene rings is 1. The highest BCUT2D eigenvalue weighted by Gasteiger charge is 2.07. The van der Waals surface area contributed by atoms with Crippen molar-refractivity contribution in [1.82, 2.24) is 9.55 Å². The van der Waals surface area contributed by atoms with Crippen molar-refractivity contribution in [3.63, 3.8) is 0 Å². The van der Waals surface area contributed by atoms with Crippen molar-refractivity contribution in [2.45, 2.75) is 26.5 Å². The third kappa shape index (κ3) is 2.86. The van der Waals surface area contributed by atoms with Crippen LogP contribution in [0.1, 0.15) is 18.9 Å². The molecule has 0 N–H and O–H groups in total. The lowest BCUT2D eigenvalue weighted by Crippen LogP contribution is -2.19. The van der Waals surface area contributed by atoms with Crippen LogP contribution in [0, 0.1) is 0 Å². The van der Waals surface area contributed by atoms with E-state index in [1.54, 1.807) is 17.0 Å². The highest BCUT2D eigenvalue weighted by molar-refractivity contribution is 5.87. The summed E-state index contributed by atoms with van der Waals surface area (Å²) >= 11 is 0. The van der Waals surface area contributed by atoms with Crippen molar-refractivity contribution in [2.24, 2.45) is 0 Å². The third-order valence-corrected chi connectivity index (χ3v) is 3.56. The van der Waals surface area contributed by atoms with Crippen LogP contribution in [-0.4, -0.2) is 9.55 Å². The maximum absolute atomic E-state index is 12.4. The van der Waals surface area contributed by atoms with E-state index in [0.717, 1.165) is 29.7 Å². The van der Waals surface area contributed by atoms with Crippen molar-refractivity contribution < 1.29 is 4.74 Å². The van der Waals surface area contributed by atoms with Crippen molar-refractivity contribution in [1.29, 1.82) is 0 Å². The Kier molecular flexibility index (Phi) is 4.19.